The Morgan fingerprint density at radius 1 is 1.35 bits per heavy atom. The molecule has 5 heteroatoms. The molecule has 0 aromatic heterocycles. The average molecular weight is 339 g/mol. The van der Waals surface area contributed by atoms with Gasteiger partial charge in [-0.3, -0.25) is 9.59 Å². The number of amides is 1. The number of benzene rings is 1. The molecule has 0 radical (unpaired) electrons. The maximum Gasteiger partial charge on any atom is 0.222 e. The van der Waals surface area contributed by atoms with Gasteiger partial charge in [0, 0.05) is 36.1 Å². The van der Waals surface area contributed by atoms with Crippen LogP contribution in [0.4, 0.5) is 0 Å². The molecule has 1 saturated heterocycles. The lowest BCUT2D eigenvalue weighted by molar-refractivity contribution is -0.126. The molecule has 1 unspecified atom stereocenters. The molecule has 1 aliphatic rings. The molecular weight excluding hydrogens is 312 g/mol. The van der Waals surface area contributed by atoms with E-state index < -0.39 is 0 Å². The van der Waals surface area contributed by atoms with E-state index in [0.29, 0.717) is 16.5 Å². The van der Waals surface area contributed by atoms with Gasteiger partial charge >= 0.3 is 0 Å². The number of nitrogens with one attached hydrogen (secondary N) is 1. The molecule has 1 amide bonds. The summed E-state index contributed by atoms with van der Waals surface area (Å²) in [5, 5.41) is 3.84. The number of carbonyl (C=O) groups is 2. The standard InChI is InChI=1S/C13H18ClNO.C5H9NO/c1-9(15-13(2,3)4)12(16)10-6-5-7-11(14)8-10;1-6-4-2-3-5(6)7/h5-9,15H,1-4H3;2-4H2,1H3. The molecule has 2 rings (SSSR count). The Morgan fingerprint density at radius 3 is 2.39 bits per heavy atom. The fourth-order valence-corrected chi connectivity index (χ4v) is 2.58. The first kappa shape index (κ1) is 19.7. The van der Waals surface area contributed by atoms with E-state index in [1.165, 1.54) is 0 Å². The average Bonchev–Trinajstić information content (AvgIpc) is 2.81. The van der Waals surface area contributed by atoms with Crippen LogP contribution in [0.15, 0.2) is 24.3 Å². The van der Waals surface area contributed by atoms with E-state index in [1.807, 2.05) is 34.7 Å². The van der Waals surface area contributed by atoms with Crippen LogP contribution in [0.1, 0.15) is 50.9 Å². The van der Waals surface area contributed by atoms with Gasteiger partial charge in [-0.1, -0.05) is 23.7 Å². The minimum atomic E-state index is -0.210. The fraction of sp³-hybridized carbons (Fsp3) is 0.556. The first-order chi connectivity index (χ1) is 10.6. The van der Waals surface area contributed by atoms with E-state index in [9.17, 15) is 9.59 Å². The fourth-order valence-electron chi connectivity index (χ4n) is 2.39. The van der Waals surface area contributed by atoms with Crippen molar-refractivity contribution in [2.75, 3.05) is 13.6 Å². The van der Waals surface area contributed by atoms with Crippen LogP contribution in [-0.2, 0) is 4.79 Å². The van der Waals surface area contributed by atoms with E-state index in [0.717, 1.165) is 19.4 Å². The van der Waals surface area contributed by atoms with Crippen LogP contribution in [0.5, 0.6) is 0 Å². The number of hydrogen-bond acceptors (Lipinski definition) is 3. The van der Waals surface area contributed by atoms with Crippen molar-refractivity contribution in [3.8, 4) is 0 Å². The Morgan fingerprint density at radius 2 is 2.00 bits per heavy atom. The molecule has 0 aliphatic carbocycles. The number of nitrogens with zero attached hydrogens (tertiary/aromatic N) is 1. The Balaban J connectivity index is 0.000000313. The Labute approximate surface area is 144 Å². The van der Waals surface area contributed by atoms with Gasteiger partial charge in [-0.2, -0.15) is 0 Å². The topological polar surface area (TPSA) is 49.4 Å². The van der Waals surface area contributed by atoms with Crippen molar-refractivity contribution in [3.05, 3.63) is 34.9 Å². The van der Waals surface area contributed by atoms with Crippen LogP contribution < -0.4 is 5.32 Å². The summed E-state index contributed by atoms with van der Waals surface area (Å²) in [6.45, 7) is 8.94. The van der Waals surface area contributed by atoms with Gasteiger partial charge < -0.3 is 10.2 Å². The van der Waals surface area contributed by atoms with Crippen LogP contribution in [0, 0.1) is 0 Å². The smallest absolute Gasteiger partial charge is 0.222 e. The van der Waals surface area contributed by atoms with Gasteiger partial charge in [-0.05, 0) is 46.2 Å². The van der Waals surface area contributed by atoms with Gasteiger partial charge in [0.1, 0.15) is 0 Å². The molecule has 1 fully saturated rings. The lowest BCUT2D eigenvalue weighted by Crippen LogP contribution is -2.46. The van der Waals surface area contributed by atoms with Crippen molar-refractivity contribution in [3.63, 3.8) is 0 Å². The molecule has 0 bridgehead atoms. The third kappa shape index (κ3) is 7.14. The predicted octanol–water partition coefficient (Wildman–Crippen LogP) is 3.54. The minimum Gasteiger partial charge on any atom is -0.346 e. The molecule has 4 nitrogen and oxygen atoms in total. The number of likely N-dealkylation sites (tertiary alicyclic amines) is 1. The van der Waals surface area contributed by atoms with Crippen LogP contribution in [0.3, 0.4) is 0 Å². The summed E-state index contributed by atoms with van der Waals surface area (Å²) >= 11 is 5.85. The summed E-state index contributed by atoms with van der Waals surface area (Å²) in [6, 6.07) is 6.83. The number of Topliss-reactive ketones (excluding diaryl/α,β-unsaturated/α-hetero) is 1. The molecule has 128 valence electrons. The number of ketones is 1. The van der Waals surface area contributed by atoms with Gasteiger partial charge in [0.25, 0.3) is 0 Å². The first-order valence-corrected chi connectivity index (χ1v) is 8.29. The number of hydrogen-bond donors (Lipinski definition) is 1. The van der Waals surface area contributed by atoms with E-state index in [4.69, 9.17) is 11.6 Å². The normalized spacial score (nSPS) is 15.9. The molecule has 0 spiro atoms. The zero-order valence-electron chi connectivity index (χ0n) is 14.6. The summed E-state index contributed by atoms with van der Waals surface area (Å²) in [5.74, 6) is 0.359. The summed E-state index contributed by atoms with van der Waals surface area (Å²) in [5.41, 5.74) is 0.574. The Kier molecular flexibility index (Phi) is 7.23. The van der Waals surface area contributed by atoms with Crippen LogP contribution in [0.2, 0.25) is 5.02 Å². The molecule has 1 heterocycles. The lowest BCUT2D eigenvalue weighted by atomic mass is 10.0. The third-order valence-corrected chi connectivity index (χ3v) is 3.70. The van der Waals surface area contributed by atoms with Crippen molar-refractivity contribution in [1.29, 1.82) is 0 Å². The van der Waals surface area contributed by atoms with E-state index >= 15 is 0 Å². The maximum atomic E-state index is 12.1. The van der Waals surface area contributed by atoms with Crippen molar-refractivity contribution < 1.29 is 9.59 Å². The summed E-state index contributed by atoms with van der Waals surface area (Å²) in [6.07, 6.45) is 1.81. The summed E-state index contributed by atoms with van der Waals surface area (Å²) in [4.78, 5) is 24.3. The second-order valence-corrected chi connectivity index (χ2v) is 7.35. The van der Waals surface area contributed by atoms with Crippen LogP contribution >= 0.6 is 11.6 Å². The van der Waals surface area contributed by atoms with E-state index in [2.05, 4.69) is 5.32 Å². The predicted molar refractivity (Wildman–Crippen MR) is 95.0 cm³/mol. The highest BCUT2D eigenvalue weighted by atomic mass is 35.5. The largest absolute Gasteiger partial charge is 0.346 e. The third-order valence-electron chi connectivity index (χ3n) is 3.46. The Bertz CT molecular complexity index is 552. The molecule has 23 heavy (non-hydrogen) atoms. The van der Waals surface area contributed by atoms with Gasteiger partial charge in [0.2, 0.25) is 5.91 Å². The molecule has 1 aromatic rings. The van der Waals surface area contributed by atoms with Gasteiger partial charge in [0.05, 0.1) is 6.04 Å². The zero-order chi connectivity index (χ0) is 17.6. The van der Waals surface area contributed by atoms with Crippen LogP contribution in [0.25, 0.3) is 0 Å². The second kappa shape index (κ2) is 8.46. The first-order valence-electron chi connectivity index (χ1n) is 7.91. The summed E-state index contributed by atoms with van der Waals surface area (Å²) in [7, 11) is 1.84. The highest BCUT2D eigenvalue weighted by molar-refractivity contribution is 6.31. The van der Waals surface area contributed by atoms with Gasteiger partial charge in [-0.25, -0.2) is 0 Å². The SMILES string of the molecule is CC(NC(C)(C)C)C(=O)c1cccc(Cl)c1.CN1CCCC1=O. The van der Waals surface area contributed by atoms with Crippen molar-refractivity contribution in [2.24, 2.45) is 0 Å². The second-order valence-electron chi connectivity index (χ2n) is 6.91. The van der Waals surface area contributed by atoms with Crippen LogP contribution in [-0.4, -0.2) is 41.8 Å². The zero-order valence-corrected chi connectivity index (χ0v) is 15.4. The molecule has 1 N–H and O–H groups in total. The number of carbonyl (C=O) groups excluding carboxylic acids is 2. The maximum absolute atomic E-state index is 12.1. The highest BCUT2D eigenvalue weighted by Gasteiger charge is 2.20. The lowest BCUT2D eigenvalue weighted by Gasteiger charge is -2.25. The van der Waals surface area contributed by atoms with Crippen molar-refractivity contribution >= 4 is 23.3 Å². The molecule has 1 aromatic carbocycles. The van der Waals surface area contributed by atoms with E-state index in [-0.39, 0.29) is 17.4 Å². The highest BCUT2D eigenvalue weighted by Crippen LogP contribution is 2.13. The van der Waals surface area contributed by atoms with Crippen molar-refractivity contribution in [1.82, 2.24) is 10.2 Å². The van der Waals surface area contributed by atoms with Crippen molar-refractivity contribution in [2.45, 2.75) is 52.1 Å². The molecule has 1 atom stereocenters. The van der Waals surface area contributed by atoms with E-state index in [1.54, 1.807) is 29.2 Å². The van der Waals surface area contributed by atoms with Gasteiger partial charge in [-0.15, -0.1) is 0 Å². The minimum absolute atomic E-state index is 0.0671. The summed E-state index contributed by atoms with van der Waals surface area (Å²) < 4.78 is 0. The Hall–Kier alpha value is -1.39. The number of rotatable bonds is 3. The molecular formula is C18H27ClN2O2. The molecule has 1 aliphatic heterocycles. The quantitative estimate of drug-likeness (QED) is 0.858. The monoisotopic (exact) mass is 338 g/mol. The van der Waals surface area contributed by atoms with Gasteiger partial charge in [0.15, 0.2) is 5.78 Å². The molecule has 0 saturated carbocycles. The number of halogens is 1.